The van der Waals surface area contributed by atoms with E-state index < -0.39 is 11.6 Å². The van der Waals surface area contributed by atoms with Gasteiger partial charge < -0.3 is 9.64 Å². The van der Waals surface area contributed by atoms with Crippen LogP contribution in [-0.4, -0.2) is 24.5 Å². The first-order valence-corrected chi connectivity index (χ1v) is 8.40. The molecular formula is C20H21F2NO2. The predicted molar refractivity (Wildman–Crippen MR) is 91.5 cm³/mol. The van der Waals surface area contributed by atoms with Crippen LogP contribution in [0.2, 0.25) is 0 Å². The molecule has 3 rings (SSSR count). The van der Waals surface area contributed by atoms with Gasteiger partial charge in [-0.1, -0.05) is 6.07 Å². The molecule has 0 heterocycles. The van der Waals surface area contributed by atoms with Gasteiger partial charge in [0.15, 0.2) is 11.6 Å². The number of amides is 1. The molecule has 1 aliphatic rings. The highest BCUT2D eigenvalue weighted by Crippen LogP contribution is 2.29. The summed E-state index contributed by atoms with van der Waals surface area (Å²) in [6.07, 6.45) is 2.45. The fourth-order valence-corrected chi connectivity index (χ4v) is 2.57. The van der Waals surface area contributed by atoms with Crippen LogP contribution >= 0.6 is 0 Å². The van der Waals surface area contributed by atoms with E-state index in [2.05, 4.69) is 0 Å². The Morgan fingerprint density at radius 2 is 1.84 bits per heavy atom. The lowest BCUT2D eigenvalue weighted by Gasteiger charge is -2.25. The van der Waals surface area contributed by atoms with Crippen molar-refractivity contribution in [2.45, 2.75) is 25.8 Å². The van der Waals surface area contributed by atoms with E-state index in [9.17, 15) is 13.6 Å². The summed E-state index contributed by atoms with van der Waals surface area (Å²) in [5.41, 5.74) is 1.06. The van der Waals surface area contributed by atoms with Crippen LogP contribution in [0.1, 0.15) is 41.7 Å². The van der Waals surface area contributed by atoms with Crippen molar-refractivity contribution in [3.8, 4) is 5.75 Å². The van der Waals surface area contributed by atoms with Gasteiger partial charge in [-0.05, 0) is 67.6 Å². The minimum Gasteiger partial charge on any atom is -0.493 e. The van der Waals surface area contributed by atoms with Crippen LogP contribution in [0.3, 0.4) is 0 Å². The third-order valence-electron chi connectivity index (χ3n) is 4.61. The number of halogens is 2. The average Bonchev–Trinajstić information content (AvgIpc) is 3.45. The molecule has 0 radical (unpaired) electrons. The summed E-state index contributed by atoms with van der Waals surface area (Å²) in [6, 6.07) is 10.3. The van der Waals surface area contributed by atoms with Gasteiger partial charge >= 0.3 is 0 Å². The summed E-state index contributed by atoms with van der Waals surface area (Å²) < 4.78 is 32.2. The summed E-state index contributed by atoms with van der Waals surface area (Å²) >= 11 is 0. The smallest absolute Gasteiger partial charge is 0.254 e. The van der Waals surface area contributed by atoms with E-state index in [0.29, 0.717) is 17.0 Å². The highest BCUT2D eigenvalue weighted by Gasteiger charge is 2.22. The second-order valence-electron chi connectivity index (χ2n) is 6.54. The summed E-state index contributed by atoms with van der Waals surface area (Å²) in [5.74, 6) is -0.579. The lowest BCUT2D eigenvalue weighted by Crippen LogP contribution is -2.29. The zero-order valence-electron chi connectivity index (χ0n) is 14.3. The first-order valence-electron chi connectivity index (χ1n) is 8.40. The van der Waals surface area contributed by atoms with Crippen molar-refractivity contribution in [2.75, 3.05) is 13.7 Å². The first-order chi connectivity index (χ1) is 12.0. The van der Waals surface area contributed by atoms with Crippen LogP contribution in [0.15, 0.2) is 42.5 Å². The number of nitrogens with zero attached hydrogens (tertiary/aromatic N) is 1. The normalized spacial score (nSPS) is 14.9. The average molecular weight is 345 g/mol. The zero-order chi connectivity index (χ0) is 18.0. The molecule has 0 aromatic heterocycles. The number of ether oxygens (including phenoxy) is 1. The third-order valence-corrected chi connectivity index (χ3v) is 4.61. The summed E-state index contributed by atoms with van der Waals surface area (Å²) in [4.78, 5) is 14.1. The van der Waals surface area contributed by atoms with Gasteiger partial charge in [0.2, 0.25) is 0 Å². The Balaban J connectivity index is 1.66. The Morgan fingerprint density at radius 3 is 2.44 bits per heavy atom. The van der Waals surface area contributed by atoms with Crippen LogP contribution < -0.4 is 4.74 Å². The van der Waals surface area contributed by atoms with Crippen LogP contribution in [0, 0.1) is 17.6 Å². The molecule has 1 amide bonds. The van der Waals surface area contributed by atoms with Crippen molar-refractivity contribution < 1.29 is 18.3 Å². The molecule has 2 aromatic carbocycles. The molecule has 5 heteroatoms. The van der Waals surface area contributed by atoms with Gasteiger partial charge in [0.25, 0.3) is 5.91 Å². The minimum atomic E-state index is -0.914. The maximum Gasteiger partial charge on any atom is 0.254 e. The van der Waals surface area contributed by atoms with Gasteiger partial charge in [-0.3, -0.25) is 4.79 Å². The number of benzene rings is 2. The Kier molecular flexibility index (Phi) is 5.02. The quantitative estimate of drug-likeness (QED) is 0.766. The van der Waals surface area contributed by atoms with Gasteiger partial charge in [-0.2, -0.15) is 0 Å². The fourth-order valence-electron chi connectivity index (χ4n) is 2.57. The SMILES string of the molecule is CC(c1ccc(F)c(F)c1)N(C)C(=O)c1ccc(OCC2CC2)cc1. The Labute approximate surface area is 146 Å². The minimum absolute atomic E-state index is 0.189. The lowest BCUT2D eigenvalue weighted by molar-refractivity contribution is 0.0742. The van der Waals surface area contributed by atoms with Gasteiger partial charge in [0.05, 0.1) is 12.6 Å². The highest BCUT2D eigenvalue weighted by atomic mass is 19.2. The second kappa shape index (κ2) is 7.21. The fraction of sp³-hybridized carbons (Fsp3) is 0.350. The van der Waals surface area contributed by atoms with E-state index in [0.717, 1.165) is 24.5 Å². The van der Waals surface area contributed by atoms with Crippen molar-refractivity contribution in [3.63, 3.8) is 0 Å². The summed E-state index contributed by atoms with van der Waals surface area (Å²) in [7, 11) is 1.64. The predicted octanol–water partition coefficient (Wildman–Crippen LogP) is 4.59. The Hall–Kier alpha value is -2.43. The first kappa shape index (κ1) is 17.4. The van der Waals surface area contributed by atoms with Crippen molar-refractivity contribution in [3.05, 3.63) is 65.2 Å². The number of hydrogen-bond acceptors (Lipinski definition) is 2. The van der Waals surface area contributed by atoms with E-state index >= 15 is 0 Å². The molecule has 0 N–H and O–H groups in total. The molecule has 1 atom stereocenters. The van der Waals surface area contributed by atoms with E-state index in [-0.39, 0.29) is 11.9 Å². The van der Waals surface area contributed by atoms with Crippen molar-refractivity contribution in [2.24, 2.45) is 5.92 Å². The van der Waals surface area contributed by atoms with Gasteiger partial charge in [-0.15, -0.1) is 0 Å². The van der Waals surface area contributed by atoms with Crippen LogP contribution in [0.4, 0.5) is 8.78 Å². The molecule has 25 heavy (non-hydrogen) atoms. The molecule has 0 spiro atoms. The van der Waals surface area contributed by atoms with Crippen molar-refractivity contribution in [1.82, 2.24) is 4.90 Å². The third kappa shape index (κ3) is 4.16. The number of rotatable bonds is 6. The standard InChI is InChI=1S/C20H21F2NO2/c1-13(16-7-10-18(21)19(22)11-16)23(2)20(24)15-5-8-17(9-6-15)25-12-14-3-4-14/h5-11,13-14H,3-4,12H2,1-2H3. The molecule has 1 unspecified atom stereocenters. The molecule has 132 valence electrons. The Bertz CT molecular complexity index is 757. The second-order valence-corrected chi connectivity index (χ2v) is 6.54. The summed E-state index contributed by atoms with van der Waals surface area (Å²) in [5, 5.41) is 0. The van der Waals surface area contributed by atoms with E-state index in [1.165, 1.54) is 23.8 Å². The van der Waals surface area contributed by atoms with Crippen LogP contribution in [0.25, 0.3) is 0 Å². The van der Waals surface area contributed by atoms with Crippen molar-refractivity contribution >= 4 is 5.91 Å². The van der Waals surface area contributed by atoms with Crippen LogP contribution in [-0.2, 0) is 0 Å². The summed E-state index contributed by atoms with van der Waals surface area (Å²) in [6.45, 7) is 2.50. The molecule has 0 aliphatic heterocycles. The monoisotopic (exact) mass is 345 g/mol. The molecule has 2 aromatic rings. The number of carbonyl (C=O) groups excluding carboxylic acids is 1. The van der Waals surface area contributed by atoms with E-state index in [1.807, 2.05) is 0 Å². The molecule has 1 fully saturated rings. The van der Waals surface area contributed by atoms with E-state index in [1.54, 1.807) is 38.2 Å². The molecular weight excluding hydrogens is 324 g/mol. The Morgan fingerprint density at radius 1 is 1.16 bits per heavy atom. The molecule has 1 saturated carbocycles. The number of carbonyl (C=O) groups is 1. The maximum absolute atomic E-state index is 13.4. The molecule has 1 aliphatic carbocycles. The maximum atomic E-state index is 13.4. The van der Waals surface area contributed by atoms with Gasteiger partial charge in [0.1, 0.15) is 5.75 Å². The zero-order valence-corrected chi connectivity index (χ0v) is 14.3. The van der Waals surface area contributed by atoms with Gasteiger partial charge in [-0.25, -0.2) is 8.78 Å². The molecule has 3 nitrogen and oxygen atoms in total. The number of hydrogen-bond donors (Lipinski definition) is 0. The van der Waals surface area contributed by atoms with E-state index in [4.69, 9.17) is 4.74 Å². The van der Waals surface area contributed by atoms with Crippen molar-refractivity contribution in [1.29, 1.82) is 0 Å². The molecule has 0 saturated heterocycles. The lowest BCUT2D eigenvalue weighted by atomic mass is 10.1. The molecule has 0 bridgehead atoms. The largest absolute Gasteiger partial charge is 0.493 e. The highest BCUT2D eigenvalue weighted by molar-refractivity contribution is 5.94. The topological polar surface area (TPSA) is 29.5 Å². The van der Waals surface area contributed by atoms with Gasteiger partial charge in [0, 0.05) is 12.6 Å². The van der Waals surface area contributed by atoms with Crippen LogP contribution in [0.5, 0.6) is 5.75 Å².